The minimum absolute atomic E-state index is 0.0388. The van der Waals surface area contributed by atoms with E-state index >= 15 is 0 Å². The van der Waals surface area contributed by atoms with Gasteiger partial charge in [0.15, 0.2) is 5.13 Å². The number of rotatable bonds is 5. The molecule has 0 saturated carbocycles. The van der Waals surface area contributed by atoms with Gasteiger partial charge in [0.2, 0.25) is 0 Å². The van der Waals surface area contributed by atoms with E-state index in [-0.39, 0.29) is 6.61 Å². The van der Waals surface area contributed by atoms with Gasteiger partial charge in [-0.15, -0.1) is 0 Å². The van der Waals surface area contributed by atoms with Gasteiger partial charge < -0.3 is 19.5 Å². The largest absolute Gasteiger partial charge is 0.391 e. The van der Waals surface area contributed by atoms with Crippen LogP contribution in [-0.4, -0.2) is 67.5 Å². The van der Waals surface area contributed by atoms with E-state index in [1.165, 1.54) is 6.42 Å². The number of hydrogen-bond acceptors (Lipinski definition) is 7. The summed E-state index contributed by atoms with van der Waals surface area (Å²) < 4.78 is 10.6. The molecule has 21 heavy (non-hydrogen) atoms. The lowest BCUT2D eigenvalue weighted by atomic mass is 10.2. The Labute approximate surface area is 129 Å². The quantitative estimate of drug-likeness (QED) is 0.863. The van der Waals surface area contributed by atoms with Crippen LogP contribution in [0.5, 0.6) is 0 Å². The highest BCUT2D eigenvalue weighted by Gasteiger charge is 2.30. The molecule has 3 heterocycles. The molecule has 0 aromatic carbocycles. The van der Waals surface area contributed by atoms with Crippen LogP contribution >= 0.6 is 11.3 Å². The predicted octanol–water partition coefficient (Wildman–Crippen LogP) is 0.693. The number of ether oxygens (including phenoxy) is 2. The molecule has 1 unspecified atom stereocenters. The molecule has 1 aromatic rings. The lowest BCUT2D eigenvalue weighted by Gasteiger charge is -2.32. The maximum absolute atomic E-state index is 9.43. The van der Waals surface area contributed by atoms with Crippen LogP contribution in [0.1, 0.15) is 17.0 Å². The highest BCUT2D eigenvalue weighted by atomic mass is 32.1. The Morgan fingerprint density at radius 2 is 2.19 bits per heavy atom. The SMILES string of the molecule is COCc1nc(N2CCC(N3CCOCC3)C2)sc1CO. The van der Waals surface area contributed by atoms with Crippen LogP contribution in [0.4, 0.5) is 5.13 Å². The smallest absolute Gasteiger partial charge is 0.186 e. The molecule has 0 spiro atoms. The number of aliphatic hydroxyl groups is 1. The fraction of sp³-hybridized carbons (Fsp3) is 0.786. The van der Waals surface area contributed by atoms with Gasteiger partial charge in [-0.05, 0) is 6.42 Å². The van der Waals surface area contributed by atoms with Crippen LogP contribution < -0.4 is 4.90 Å². The molecule has 6 nitrogen and oxygen atoms in total. The Morgan fingerprint density at radius 1 is 1.38 bits per heavy atom. The van der Waals surface area contributed by atoms with Crippen molar-refractivity contribution in [2.45, 2.75) is 25.7 Å². The molecule has 0 amide bonds. The van der Waals surface area contributed by atoms with Crippen molar-refractivity contribution in [1.82, 2.24) is 9.88 Å². The van der Waals surface area contributed by atoms with Gasteiger partial charge in [0.05, 0.1) is 37.0 Å². The number of thiazole rings is 1. The summed E-state index contributed by atoms with van der Waals surface area (Å²) in [6.07, 6.45) is 1.17. The lowest BCUT2D eigenvalue weighted by Crippen LogP contribution is -2.44. The van der Waals surface area contributed by atoms with Crippen molar-refractivity contribution < 1.29 is 14.6 Å². The molecule has 3 rings (SSSR count). The Hall–Kier alpha value is -0.730. The summed E-state index contributed by atoms with van der Waals surface area (Å²) in [5.74, 6) is 0. The third-order valence-electron chi connectivity index (χ3n) is 4.19. The van der Waals surface area contributed by atoms with Crippen LogP contribution in [0.25, 0.3) is 0 Å². The summed E-state index contributed by atoms with van der Waals surface area (Å²) in [5, 5.41) is 10.4. The molecule has 1 atom stereocenters. The number of aliphatic hydroxyl groups excluding tert-OH is 1. The minimum Gasteiger partial charge on any atom is -0.391 e. The Kier molecular flexibility index (Phi) is 5.07. The Morgan fingerprint density at radius 3 is 2.90 bits per heavy atom. The van der Waals surface area contributed by atoms with E-state index < -0.39 is 0 Å². The van der Waals surface area contributed by atoms with E-state index in [1.807, 2.05) is 0 Å². The summed E-state index contributed by atoms with van der Waals surface area (Å²) in [6, 6.07) is 0.598. The maximum atomic E-state index is 9.43. The van der Waals surface area contributed by atoms with Crippen LogP contribution in [0.2, 0.25) is 0 Å². The van der Waals surface area contributed by atoms with E-state index in [4.69, 9.17) is 9.47 Å². The summed E-state index contributed by atoms with van der Waals surface area (Å²) >= 11 is 1.59. The molecule has 0 radical (unpaired) electrons. The molecule has 0 aliphatic carbocycles. The van der Waals surface area contributed by atoms with Crippen molar-refractivity contribution in [2.24, 2.45) is 0 Å². The number of morpholine rings is 1. The number of anilines is 1. The van der Waals surface area contributed by atoms with Crippen molar-refractivity contribution in [2.75, 3.05) is 51.4 Å². The zero-order valence-electron chi connectivity index (χ0n) is 12.5. The van der Waals surface area contributed by atoms with E-state index in [9.17, 15) is 5.11 Å². The monoisotopic (exact) mass is 313 g/mol. The highest BCUT2D eigenvalue weighted by molar-refractivity contribution is 7.15. The molecule has 2 saturated heterocycles. The third kappa shape index (κ3) is 3.37. The Balaban J connectivity index is 1.65. The molecule has 0 bridgehead atoms. The van der Waals surface area contributed by atoms with E-state index in [2.05, 4.69) is 14.8 Å². The summed E-state index contributed by atoms with van der Waals surface area (Å²) in [7, 11) is 1.66. The second-order valence-corrected chi connectivity index (χ2v) is 6.56. The molecule has 1 N–H and O–H groups in total. The maximum Gasteiger partial charge on any atom is 0.186 e. The van der Waals surface area contributed by atoms with Crippen LogP contribution in [-0.2, 0) is 22.7 Å². The Bertz CT molecular complexity index is 462. The molecular weight excluding hydrogens is 290 g/mol. The normalized spacial score (nSPS) is 23.9. The van der Waals surface area contributed by atoms with Crippen molar-refractivity contribution in [3.05, 3.63) is 10.6 Å². The van der Waals surface area contributed by atoms with E-state index in [0.29, 0.717) is 12.6 Å². The van der Waals surface area contributed by atoms with Gasteiger partial charge in [-0.3, -0.25) is 4.90 Å². The summed E-state index contributed by atoms with van der Waals surface area (Å²) in [5.41, 5.74) is 0.870. The van der Waals surface area contributed by atoms with Gasteiger partial charge in [-0.1, -0.05) is 11.3 Å². The molecular formula is C14H23N3O3S. The van der Waals surface area contributed by atoms with Crippen molar-refractivity contribution in [1.29, 1.82) is 0 Å². The first-order valence-corrected chi connectivity index (χ1v) is 8.28. The first-order chi connectivity index (χ1) is 10.3. The number of nitrogens with zero attached hydrogens (tertiary/aromatic N) is 3. The van der Waals surface area contributed by atoms with E-state index in [1.54, 1.807) is 18.4 Å². The second kappa shape index (κ2) is 7.02. The van der Waals surface area contributed by atoms with Crippen molar-refractivity contribution in [3.63, 3.8) is 0 Å². The van der Waals surface area contributed by atoms with Gasteiger partial charge in [0, 0.05) is 39.3 Å². The molecule has 118 valence electrons. The van der Waals surface area contributed by atoms with Crippen LogP contribution in [0.3, 0.4) is 0 Å². The van der Waals surface area contributed by atoms with Crippen molar-refractivity contribution >= 4 is 16.5 Å². The highest BCUT2D eigenvalue weighted by Crippen LogP contribution is 2.30. The minimum atomic E-state index is 0.0388. The van der Waals surface area contributed by atoms with Crippen LogP contribution in [0, 0.1) is 0 Å². The van der Waals surface area contributed by atoms with Gasteiger partial charge in [-0.2, -0.15) is 0 Å². The molecule has 2 fully saturated rings. The van der Waals surface area contributed by atoms with Gasteiger partial charge >= 0.3 is 0 Å². The molecule has 2 aliphatic rings. The van der Waals surface area contributed by atoms with E-state index in [0.717, 1.165) is 55.1 Å². The molecule has 7 heteroatoms. The molecule has 2 aliphatic heterocycles. The van der Waals surface area contributed by atoms with Gasteiger partial charge in [0.1, 0.15) is 0 Å². The van der Waals surface area contributed by atoms with Crippen molar-refractivity contribution in [3.8, 4) is 0 Å². The number of aromatic nitrogens is 1. The summed E-state index contributed by atoms with van der Waals surface area (Å²) in [4.78, 5) is 10.4. The third-order valence-corrected chi connectivity index (χ3v) is 5.33. The standard InChI is InChI=1S/C14H23N3O3S/c1-19-10-12-13(9-18)21-14(15-12)17-3-2-11(8-17)16-4-6-20-7-5-16/h11,18H,2-10H2,1H3. The first kappa shape index (κ1) is 15.2. The lowest BCUT2D eigenvalue weighted by molar-refractivity contribution is 0.0209. The number of methoxy groups -OCH3 is 1. The average Bonchev–Trinajstić information content (AvgIpc) is 3.15. The predicted molar refractivity (Wildman–Crippen MR) is 81.8 cm³/mol. The molecule has 1 aromatic heterocycles. The zero-order valence-corrected chi connectivity index (χ0v) is 13.3. The fourth-order valence-electron chi connectivity index (χ4n) is 3.03. The van der Waals surface area contributed by atoms with Gasteiger partial charge in [-0.25, -0.2) is 4.98 Å². The summed E-state index contributed by atoms with van der Waals surface area (Å²) in [6.45, 7) is 6.32. The topological polar surface area (TPSA) is 58.1 Å². The van der Waals surface area contributed by atoms with Gasteiger partial charge in [0.25, 0.3) is 0 Å². The number of hydrogen-bond donors (Lipinski definition) is 1. The first-order valence-electron chi connectivity index (χ1n) is 7.47. The van der Waals surface area contributed by atoms with Crippen LogP contribution in [0.15, 0.2) is 0 Å². The zero-order chi connectivity index (χ0) is 14.7. The average molecular weight is 313 g/mol. The second-order valence-electron chi connectivity index (χ2n) is 5.49. The fourth-order valence-corrected chi connectivity index (χ4v) is 3.99.